The number of benzene rings is 1. The number of aliphatic carboxylic acids is 1. The molecule has 18 heavy (non-hydrogen) atoms. The van der Waals surface area contributed by atoms with E-state index in [1.54, 1.807) is 19.9 Å². The van der Waals surface area contributed by atoms with Gasteiger partial charge in [-0.05, 0) is 31.9 Å². The summed E-state index contributed by atoms with van der Waals surface area (Å²) < 4.78 is 23.8. The molecule has 4 nitrogen and oxygen atoms in total. The largest absolute Gasteiger partial charge is 0.494 e. The zero-order valence-corrected chi connectivity index (χ0v) is 10.9. The van der Waals surface area contributed by atoms with Gasteiger partial charge < -0.3 is 14.6 Å². The van der Waals surface area contributed by atoms with Crippen molar-refractivity contribution < 1.29 is 23.8 Å². The number of carboxylic acid groups (broad SMARTS) is 1. The molecule has 0 aliphatic heterocycles. The van der Waals surface area contributed by atoms with Gasteiger partial charge in [0.15, 0.2) is 11.5 Å². The number of hydrogen-bond donors (Lipinski definition) is 1. The maximum absolute atomic E-state index is 13.9. The van der Waals surface area contributed by atoms with Crippen LogP contribution in [0.15, 0.2) is 12.1 Å². The lowest BCUT2D eigenvalue weighted by Gasteiger charge is -2.21. The predicted octanol–water partition coefficient (Wildman–Crippen LogP) is 2.50. The molecule has 1 aromatic carbocycles. The molecule has 5 heteroatoms. The van der Waals surface area contributed by atoms with Crippen molar-refractivity contribution in [2.24, 2.45) is 5.41 Å². The quantitative estimate of drug-likeness (QED) is 0.879. The third-order valence-corrected chi connectivity index (χ3v) is 2.78. The van der Waals surface area contributed by atoms with Gasteiger partial charge in [-0.25, -0.2) is 0 Å². The first-order valence-electron chi connectivity index (χ1n) is 5.46. The molecule has 0 aromatic heterocycles. The summed E-state index contributed by atoms with van der Waals surface area (Å²) in [5.41, 5.74) is -0.489. The zero-order chi connectivity index (χ0) is 13.9. The Balaban J connectivity index is 3.18. The summed E-state index contributed by atoms with van der Waals surface area (Å²) in [5.74, 6) is -1.45. The van der Waals surface area contributed by atoms with Crippen LogP contribution in [-0.2, 0) is 11.2 Å². The third kappa shape index (κ3) is 2.72. The molecule has 0 unspecified atom stereocenters. The Kier molecular flexibility index (Phi) is 4.16. The second-order valence-electron chi connectivity index (χ2n) is 4.64. The molecular weight excluding hydrogens is 239 g/mol. The molecule has 0 fully saturated rings. The number of methoxy groups -OCH3 is 2. The van der Waals surface area contributed by atoms with Gasteiger partial charge in [-0.1, -0.05) is 6.07 Å². The smallest absolute Gasteiger partial charge is 0.309 e. The monoisotopic (exact) mass is 256 g/mol. The fourth-order valence-electron chi connectivity index (χ4n) is 1.65. The molecule has 1 aromatic rings. The highest BCUT2D eigenvalue weighted by atomic mass is 19.1. The van der Waals surface area contributed by atoms with Crippen LogP contribution in [0.4, 0.5) is 4.39 Å². The SMILES string of the molecule is COc1ccc(CC(C)(C)C(=O)O)c(OC)c1F. The van der Waals surface area contributed by atoms with Crippen molar-refractivity contribution in [1.29, 1.82) is 0 Å². The number of carboxylic acids is 1. The first kappa shape index (κ1) is 14.3. The van der Waals surface area contributed by atoms with Crippen molar-refractivity contribution in [3.63, 3.8) is 0 Å². The van der Waals surface area contributed by atoms with Gasteiger partial charge in [-0.2, -0.15) is 4.39 Å². The fraction of sp³-hybridized carbons (Fsp3) is 0.462. The van der Waals surface area contributed by atoms with Crippen molar-refractivity contribution >= 4 is 5.97 Å². The van der Waals surface area contributed by atoms with Gasteiger partial charge in [-0.15, -0.1) is 0 Å². The Morgan fingerprint density at radius 3 is 2.39 bits per heavy atom. The number of ether oxygens (including phenoxy) is 2. The number of halogens is 1. The summed E-state index contributed by atoms with van der Waals surface area (Å²) in [6.07, 6.45) is 0.173. The minimum absolute atomic E-state index is 0.0312. The average molecular weight is 256 g/mol. The molecule has 100 valence electrons. The molecule has 0 aliphatic carbocycles. The summed E-state index contributed by atoms with van der Waals surface area (Å²) in [5, 5.41) is 9.08. The van der Waals surface area contributed by atoms with E-state index < -0.39 is 17.2 Å². The molecule has 1 N–H and O–H groups in total. The highest BCUT2D eigenvalue weighted by Crippen LogP contribution is 2.34. The number of hydrogen-bond acceptors (Lipinski definition) is 3. The molecule has 0 radical (unpaired) electrons. The zero-order valence-electron chi connectivity index (χ0n) is 10.9. The van der Waals surface area contributed by atoms with E-state index in [0.29, 0.717) is 5.56 Å². The second kappa shape index (κ2) is 5.25. The van der Waals surface area contributed by atoms with Gasteiger partial charge in [0.2, 0.25) is 5.82 Å². The van der Waals surface area contributed by atoms with E-state index in [1.165, 1.54) is 20.3 Å². The van der Waals surface area contributed by atoms with Crippen molar-refractivity contribution in [1.82, 2.24) is 0 Å². The molecule has 1 rings (SSSR count). The van der Waals surface area contributed by atoms with E-state index >= 15 is 0 Å². The Hall–Kier alpha value is -1.78. The minimum Gasteiger partial charge on any atom is -0.494 e. The van der Waals surface area contributed by atoms with E-state index in [4.69, 9.17) is 14.6 Å². The predicted molar refractivity (Wildman–Crippen MR) is 64.6 cm³/mol. The number of carbonyl (C=O) groups is 1. The summed E-state index contributed by atoms with van der Waals surface area (Å²) in [6.45, 7) is 3.16. The fourth-order valence-corrected chi connectivity index (χ4v) is 1.65. The first-order chi connectivity index (χ1) is 8.33. The Bertz CT molecular complexity index is 455. The lowest BCUT2D eigenvalue weighted by atomic mass is 9.85. The number of rotatable bonds is 5. The molecule has 0 spiro atoms. The highest BCUT2D eigenvalue weighted by molar-refractivity contribution is 5.74. The summed E-state index contributed by atoms with van der Waals surface area (Å²) in [7, 11) is 2.70. The highest BCUT2D eigenvalue weighted by Gasteiger charge is 2.29. The molecule has 0 aliphatic rings. The lowest BCUT2D eigenvalue weighted by Crippen LogP contribution is -2.26. The van der Waals surface area contributed by atoms with E-state index in [-0.39, 0.29) is 17.9 Å². The van der Waals surface area contributed by atoms with Crippen molar-refractivity contribution in [3.8, 4) is 11.5 Å². The van der Waals surface area contributed by atoms with Crippen LogP contribution < -0.4 is 9.47 Å². The molecule has 0 amide bonds. The van der Waals surface area contributed by atoms with E-state index in [9.17, 15) is 9.18 Å². The Morgan fingerprint density at radius 2 is 1.94 bits per heavy atom. The molecule has 0 bridgehead atoms. The van der Waals surface area contributed by atoms with Crippen LogP contribution in [0.3, 0.4) is 0 Å². The second-order valence-corrected chi connectivity index (χ2v) is 4.64. The van der Waals surface area contributed by atoms with Crippen LogP contribution in [0.2, 0.25) is 0 Å². The van der Waals surface area contributed by atoms with Crippen molar-refractivity contribution in [2.45, 2.75) is 20.3 Å². The van der Waals surface area contributed by atoms with Crippen LogP contribution in [-0.4, -0.2) is 25.3 Å². The first-order valence-corrected chi connectivity index (χ1v) is 5.46. The van der Waals surface area contributed by atoms with Crippen LogP contribution >= 0.6 is 0 Å². The van der Waals surface area contributed by atoms with Crippen molar-refractivity contribution in [3.05, 3.63) is 23.5 Å². The standard InChI is InChI=1S/C13H17FO4/c1-13(2,12(15)16)7-8-5-6-9(17-3)10(14)11(8)18-4/h5-6H,7H2,1-4H3,(H,15,16). The van der Waals surface area contributed by atoms with Gasteiger partial charge in [-0.3, -0.25) is 4.79 Å². The topological polar surface area (TPSA) is 55.8 Å². The molecule has 0 atom stereocenters. The molecular formula is C13H17FO4. The summed E-state index contributed by atoms with van der Waals surface area (Å²) in [6, 6.07) is 3.08. The van der Waals surface area contributed by atoms with Crippen molar-refractivity contribution in [2.75, 3.05) is 14.2 Å². The molecule has 0 heterocycles. The van der Waals surface area contributed by atoms with Gasteiger partial charge in [0.05, 0.1) is 19.6 Å². The van der Waals surface area contributed by atoms with Crippen LogP contribution in [0.1, 0.15) is 19.4 Å². The van der Waals surface area contributed by atoms with E-state index in [0.717, 1.165) is 0 Å². The normalized spacial score (nSPS) is 11.2. The summed E-state index contributed by atoms with van der Waals surface area (Å²) >= 11 is 0. The van der Waals surface area contributed by atoms with Gasteiger partial charge in [0.25, 0.3) is 0 Å². The summed E-state index contributed by atoms with van der Waals surface area (Å²) in [4.78, 5) is 11.1. The van der Waals surface area contributed by atoms with Crippen LogP contribution in [0.5, 0.6) is 11.5 Å². The van der Waals surface area contributed by atoms with Gasteiger partial charge in [0, 0.05) is 0 Å². The van der Waals surface area contributed by atoms with Gasteiger partial charge >= 0.3 is 5.97 Å². The Morgan fingerprint density at radius 1 is 1.33 bits per heavy atom. The van der Waals surface area contributed by atoms with E-state index in [2.05, 4.69) is 0 Å². The van der Waals surface area contributed by atoms with Gasteiger partial charge in [0.1, 0.15) is 0 Å². The van der Waals surface area contributed by atoms with Crippen LogP contribution in [0, 0.1) is 11.2 Å². The van der Waals surface area contributed by atoms with Crippen LogP contribution in [0.25, 0.3) is 0 Å². The molecule has 0 saturated heterocycles. The Labute approximate surface area is 105 Å². The third-order valence-electron chi connectivity index (χ3n) is 2.78. The van der Waals surface area contributed by atoms with E-state index in [1.807, 2.05) is 0 Å². The maximum Gasteiger partial charge on any atom is 0.309 e. The lowest BCUT2D eigenvalue weighted by molar-refractivity contribution is -0.146. The average Bonchev–Trinajstić information content (AvgIpc) is 2.29. The molecule has 0 saturated carbocycles. The maximum atomic E-state index is 13.9. The minimum atomic E-state index is -0.992.